The molecule has 5 nitrogen and oxygen atoms in total. The number of benzene rings is 1. The van der Waals surface area contributed by atoms with Crippen LogP contribution in [0.4, 0.5) is 10.5 Å². The molecule has 0 heterocycles. The van der Waals surface area contributed by atoms with Crippen LogP contribution in [0.5, 0.6) is 0 Å². The number of alkyl carbamates (subject to hydrolysis) is 1. The molecule has 0 bridgehead atoms. The second kappa shape index (κ2) is 8.52. The average Bonchev–Trinajstić information content (AvgIpc) is 2.40. The topological polar surface area (TPSA) is 70.6 Å². The van der Waals surface area contributed by atoms with E-state index in [9.17, 15) is 4.79 Å². The van der Waals surface area contributed by atoms with Crippen molar-refractivity contribution in [1.29, 1.82) is 0 Å². The second-order valence-corrected chi connectivity index (χ2v) is 5.88. The zero-order chi connectivity index (χ0) is 15.7. The number of carbonyl (C=O) groups is 1. The first-order chi connectivity index (χ1) is 9.90. The Bertz CT molecular complexity index is 441. The number of hydrogen-bond donors (Lipinski definition) is 3. The van der Waals surface area contributed by atoms with E-state index < -0.39 is 11.7 Å². The van der Waals surface area contributed by atoms with Crippen molar-refractivity contribution >= 4 is 11.8 Å². The number of nitrogens with one attached hydrogen (secondary N) is 2. The van der Waals surface area contributed by atoms with E-state index in [1.54, 1.807) is 0 Å². The normalized spacial score (nSPS) is 11.0. The molecule has 0 unspecified atom stereocenters. The van der Waals surface area contributed by atoms with Gasteiger partial charge in [-0.1, -0.05) is 12.1 Å². The smallest absolute Gasteiger partial charge is 0.407 e. The summed E-state index contributed by atoms with van der Waals surface area (Å²) >= 11 is 0. The number of aryl methyl sites for hydroxylation is 1. The van der Waals surface area contributed by atoms with Crippen molar-refractivity contribution in [3.05, 3.63) is 29.8 Å². The summed E-state index contributed by atoms with van der Waals surface area (Å²) in [5.41, 5.74) is 1.73. The van der Waals surface area contributed by atoms with Gasteiger partial charge in [0.1, 0.15) is 5.60 Å². The van der Waals surface area contributed by atoms with Gasteiger partial charge < -0.3 is 20.5 Å². The molecule has 5 heteroatoms. The molecule has 3 N–H and O–H groups in total. The highest BCUT2D eigenvalue weighted by atomic mass is 16.6. The third-order valence-electron chi connectivity index (χ3n) is 2.67. The van der Waals surface area contributed by atoms with Gasteiger partial charge in [-0.15, -0.1) is 0 Å². The number of carbonyl (C=O) groups excluding carboxylic acids is 1. The largest absolute Gasteiger partial charge is 0.444 e. The molecule has 1 rings (SSSR count). The van der Waals surface area contributed by atoms with Crippen molar-refractivity contribution in [2.45, 2.75) is 39.2 Å². The van der Waals surface area contributed by atoms with Crippen molar-refractivity contribution in [2.75, 3.05) is 25.0 Å². The molecule has 0 saturated heterocycles. The van der Waals surface area contributed by atoms with Gasteiger partial charge in [-0.05, 0) is 51.3 Å². The highest BCUT2D eigenvalue weighted by molar-refractivity contribution is 5.67. The molecule has 0 aromatic heterocycles. The highest BCUT2D eigenvalue weighted by Gasteiger charge is 2.15. The molecule has 0 aliphatic rings. The molecule has 0 spiro atoms. The van der Waals surface area contributed by atoms with E-state index >= 15 is 0 Å². The summed E-state index contributed by atoms with van der Waals surface area (Å²) in [5, 5.41) is 14.8. The van der Waals surface area contributed by atoms with E-state index in [-0.39, 0.29) is 6.61 Å². The molecular formula is C16H26N2O3. The lowest BCUT2D eigenvalue weighted by atomic mass is 10.1. The summed E-state index contributed by atoms with van der Waals surface area (Å²) in [6, 6.07) is 8.06. The highest BCUT2D eigenvalue weighted by Crippen LogP contribution is 2.11. The van der Waals surface area contributed by atoms with Gasteiger partial charge >= 0.3 is 6.09 Å². The van der Waals surface area contributed by atoms with E-state index in [1.165, 1.54) is 5.56 Å². The number of ether oxygens (including phenoxy) is 1. The van der Waals surface area contributed by atoms with E-state index in [0.29, 0.717) is 13.1 Å². The van der Waals surface area contributed by atoms with Crippen LogP contribution in [0.3, 0.4) is 0 Å². The molecule has 0 fully saturated rings. The molecule has 0 atom stereocenters. The number of aliphatic hydroxyl groups excluding tert-OH is 1. The van der Waals surface area contributed by atoms with Gasteiger partial charge in [0.05, 0.1) is 0 Å². The third-order valence-corrected chi connectivity index (χ3v) is 2.67. The van der Waals surface area contributed by atoms with Gasteiger partial charge in [-0.3, -0.25) is 0 Å². The molecule has 1 amide bonds. The van der Waals surface area contributed by atoms with Crippen LogP contribution in [0.2, 0.25) is 0 Å². The van der Waals surface area contributed by atoms with Gasteiger partial charge in [0.25, 0.3) is 0 Å². The van der Waals surface area contributed by atoms with Crippen LogP contribution >= 0.6 is 0 Å². The molecular weight excluding hydrogens is 268 g/mol. The van der Waals surface area contributed by atoms with Crippen molar-refractivity contribution in [1.82, 2.24) is 5.32 Å². The predicted molar refractivity (Wildman–Crippen MR) is 84.6 cm³/mol. The van der Waals surface area contributed by atoms with Crippen LogP contribution in [-0.4, -0.2) is 36.5 Å². The standard InChI is InChI=1S/C16H26N2O3/c1-16(2,3)21-15(20)18-10-9-17-14-8-4-6-13(12-14)7-5-11-19/h4,6,8,12,17,19H,5,7,9-11H2,1-3H3,(H,18,20). The Hall–Kier alpha value is -1.75. The minimum atomic E-state index is -0.474. The number of rotatable bonds is 7. The number of aliphatic hydroxyl groups is 1. The summed E-state index contributed by atoms with van der Waals surface area (Å²) in [4.78, 5) is 11.5. The summed E-state index contributed by atoms with van der Waals surface area (Å²) < 4.78 is 5.15. The Morgan fingerprint density at radius 3 is 2.71 bits per heavy atom. The fourth-order valence-electron chi connectivity index (χ4n) is 1.81. The summed E-state index contributed by atoms with van der Waals surface area (Å²) in [6.07, 6.45) is 1.23. The van der Waals surface area contributed by atoms with Crippen LogP contribution < -0.4 is 10.6 Å². The monoisotopic (exact) mass is 294 g/mol. The van der Waals surface area contributed by atoms with E-state index in [2.05, 4.69) is 16.7 Å². The summed E-state index contributed by atoms with van der Waals surface area (Å²) in [7, 11) is 0. The van der Waals surface area contributed by atoms with Crippen LogP contribution in [0.25, 0.3) is 0 Å². The van der Waals surface area contributed by atoms with Gasteiger partial charge in [-0.25, -0.2) is 4.79 Å². The van der Waals surface area contributed by atoms with E-state index in [0.717, 1.165) is 18.5 Å². The van der Waals surface area contributed by atoms with Crippen molar-refractivity contribution < 1.29 is 14.6 Å². The molecule has 0 saturated carbocycles. The number of anilines is 1. The van der Waals surface area contributed by atoms with Crippen LogP contribution in [0.15, 0.2) is 24.3 Å². The van der Waals surface area contributed by atoms with Crippen LogP contribution in [-0.2, 0) is 11.2 Å². The lowest BCUT2D eigenvalue weighted by Gasteiger charge is -2.19. The van der Waals surface area contributed by atoms with Gasteiger partial charge in [-0.2, -0.15) is 0 Å². The van der Waals surface area contributed by atoms with Crippen molar-refractivity contribution in [3.63, 3.8) is 0 Å². The Balaban J connectivity index is 2.28. The SMILES string of the molecule is CC(C)(C)OC(=O)NCCNc1cccc(CCCO)c1. The fraction of sp³-hybridized carbons (Fsp3) is 0.562. The summed E-state index contributed by atoms with van der Waals surface area (Å²) in [6.45, 7) is 6.84. The first-order valence-electron chi connectivity index (χ1n) is 7.31. The first-order valence-corrected chi connectivity index (χ1v) is 7.31. The van der Waals surface area contributed by atoms with E-state index in [4.69, 9.17) is 9.84 Å². The van der Waals surface area contributed by atoms with Crippen LogP contribution in [0, 0.1) is 0 Å². The fourth-order valence-corrected chi connectivity index (χ4v) is 1.81. The maximum absolute atomic E-state index is 11.5. The molecule has 118 valence electrons. The zero-order valence-corrected chi connectivity index (χ0v) is 13.1. The Morgan fingerprint density at radius 2 is 2.05 bits per heavy atom. The Kier molecular flexibility index (Phi) is 7.02. The van der Waals surface area contributed by atoms with Gasteiger partial charge in [0.2, 0.25) is 0 Å². The molecule has 21 heavy (non-hydrogen) atoms. The Morgan fingerprint density at radius 1 is 1.29 bits per heavy atom. The second-order valence-electron chi connectivity index (χ2n) is 5.88. The molecule has 1 aromatic rings. The average molecular weight is 294 g/mol. The quantitative estimate of drug-likeness (QED) is 0.676. The third kappa shape index (κ3) is 8.19. The Labute approximate surface area is 126 Å². The lowest BCUT2D eigenvalue weighted by Crippen LogP contribution is -2.34. The molecule has 0 aliphatic heterocycles. The minimum Gasteiger partial charge on any atom is -0.444 e. The number of amides is 1. The maximum Gasteiger partial charge on any atom is 0.407 e. The zero-order valence-electron chi connectivity index (χ0n) is 13.1. The molecule has 0 radical (unpaired) electrons. The van der Waals surface area contributed by atoms with E-state index in [1.807, 2.05) is 39.0 Å². The van der Waals surface area contributed by atoms with Gasteiger partial charge in [0, 0.05) is 25.4 Å². The first kappa shape index (κ1) is 17.3. The molecule has 0 aliphatic carbocycles. The minimum absolute atomic E-state index is 0.206. The summed E-state index contributed by atoms with van der Waals surface area (Å²) in [5.74, 6) is 0. The lowest BCUT2D eigenvalue weighted by molar-refractivity contribution is 0.0530. The van der Waals surface area contributed by atoms with Crippen molar-refractivity contribution in [2.24, 2.45) is 0 Å². The van der Waals surface area contributed by atoms with Crippen LogP contribution in [0.1, 0.15) is 32.8 Å². The molecule has 1 aromatic carbocycles. The van der Waals surface area contributed by atoms with Crippen molar-refractivity contribution in [3.8, 4) is 0 Å². The number of hydrogen-bond acceptors (Lipinski definition) is 4. The van der Waals surface area contributed by atoms with Gasteiger partial charge in [0.15, 0.2) is 0 Å². The predicted octanol–water partition coefficient (Wildman–Crippen LogP) is 2.55. The maximum atomic E-state index is 11.5.